The highest BCUT2D eigenvalue weighted by atomic mass is 32.1. The molecular weight excluding hydrogens is 332 g/mol. The maximum Gasteiger partial charge on any atom is 0.303 e. The van der Waals surface area contributed by atoms with Crippen LogP contribution >= 0.6 is 12.6 Å². The van der Waals surface area contributed by atoms with Crippen molar-refractivity contribution in [2.75, 3.05) is 0 Å². The Bertz CT molecular complexity index is 564. The number of carbonyl (C=O) groups excluding carboxylic acids is 2. The molecule has 24 heavy (non-hydrogen) atoms. The van der Waals surface area contributed by atoms with Crippen molar-refractivity contribution in [3.05, 3.63) is 35.9 Å². The second-order valence-electron chi connectivity index (χ2n) is 5.58. The van der Waals surface area contributed by atoms with E-state index in [1.165, 1.54) is 6.92 Å². The van der Waals surface area contributed by atoms with Gasteiger partial charge in [-0.3, -0.25) is 19.2 Å². The van der Waals surface area contributed by atoms with Crippen LogP contribution in [0.1, 0.15) is 49.9 Å². The normalized spacial score (nSPS) is 10.3. The summed E-state index contributed by atoms with van der Waals surface area (Å²) in [6.07, 6.45) is 0.140. The molecule has 0 spiro atoms. The van der Waals surface area contributed by atoms with E-state index < -0.39 is 17.4 Å². The van der Waals surface area contributed by atoms with Crippen molar-refractivity contribution in [1.82, 2.24) is 0 Å². The Morgan fingerprint density at radius 1 is 0.958 bits per heavy atom. The SMILES string of the molecule is CC(=O)C(C)(CCC(=O)O)CCC(=O)O.O=C(S)c1ccccc1. The largest absolute Gasteiger partial charge is 0.481 e. The second kappa shape index (κ2) is 10.6. The maximum absolute atomic E-state index is 11.3. The summed E-state index contributed by atoms with van der Waals surface area (Å²) < 4.78 is 0. The number of thiol groups is 1. The first-order valence-corrected chi connectivity index (χ1v) is 7.76. The first-order chi connectivity index (χ1) is 11.1. The number of carboxylic acids is 2. The van der Waals surface area contributed by atoms with Crippen molar-refractivity contribution in [2.45, 2.75) is 39.5 Å². The van der Waals surface area contributed by atoms with Gasteiger partial charge in [0.1, 0.15) is 5.78 Å². The third kappa shape index (κ3) is 9.09. The minimum absolute atomic E-state index is 0.115. The average Bonchev–Trinajstić information content (AvgIpc) is 2.52. The van der Waals surface area contributed by atoms with Gasteiger partial charge in [-0.2, -0.15) is 0 Å². The molecule has 0 aromatic heterocycles. The third-order valence-corrected chi connectivity index (χ3v) is 3.91. The highest BCUT2D eigenvalue weighted by molar-refractivity contribution is 7.97. The summed E-state index contributed by atoms with van der Waals surface area (Å²) in [7, 11) is 0. The Kier molecular flexibility index (Phi) is 9.64. The Morgan fingerprint density at radius 3 is 1.62 bits per heavy atom. The monoisotopic (exact) mass is 354 g/mol. The molecule has 0 bridgehead atoms. The molecule has 0 saturated heterocycles. The summed E-state index contributed by atoms with van der Waals surface area (Å²) in [5, 5.41) is 16.8. The fourth-order valence-electron chi connectivity index (χ4n) is 1.82. The fourth-order valence-corrected chi connectivity index (χ4v) is 1.97. The van der Waals surface area contributed by atoms with Crippen LogP contribution in [0.25, 0.3) is 0 Å². The molecule has 1 aromatic carbocycles. The molecule has 0 aliphatic carbocycles. The molecule has 0 atom stereocenters. The molecule has 0 aliphatic heterocycles. The summed E-state index contributed by atoms with van der Waals surface area (Å²) in [5.74, 6) is -2.11. The molecule has 7 heteroatoms. The molecule has 0 amide bonds. The molecule has 1 rings (SSSR count). The van der Waals surface area contributed by atoms with E-state index in [2.05, 4.69) is 12.6 Å². The van der Waals surface area contributed by atoms with Gasteiger partial charge in [0.05, 0.1) is 0 Å². The molecule has 1 aromatic rings. The summed E-state index contributed by atoms with van der Waals surface area (Å²) in [6.45, 7) is 2.98. The smallest absolute Gasteiger partial charge is 0.303 e. The Hall–Kier alpha value is -2.15. The number of benzene rings is 1. The first-order valence-electron chi connectivity index (χ1n) is 7.31. The van der Waals surface area contributed by atoms with Gasteiger partial charge in [0.15, 0.2) is 0 Å². The van der Waals surface area contributed by atoms with Crippen LogP contribution in [-0.4, -0.2) is 33.1 Å². The number of Topliss-reactive ketones (excluding diaryl/α,β-unsaturated/α-hetero) is 1. The van der Waals surface area contributed by atoms with Gasteiger partial charge in [-0.05, 0) is 19.8 Å². The van der Waals surface area contributed by atoms with E-state index in [9.17, 15) is 19.2 Å². The number of carbonyl (C=O) groups is 4. The van der Waals surface area contributed by atoms with E-state index in [0.29, 0.717) is 5.56 Å². The molecule has 0 unspecified atom stereocenters. The minimum Gasteiger partial charge on any atom is -0.481 e. The van der Waals surface area contributed by atoms with Crippen molar-refractivity contribution in [3.63, 3.8) is 0 Å². The zero-order chi connectivity index (χ0) is 18.8. The van der Waals surface area contributed by atoms with Gasteiger partial charge in [-0.15, -0.1) is 12.6 Å². The lowest BCUT2D eigenvalue weighted by atomic mass is 9.78. The van der Waals surface area contributed by atoms with Gasteiger partial charge in [0.2, 0.25) is 5.12 Å². The van der Waals surface area contributed by atoms with E-state index in [0.717, 1.165) is 0 Å². The van der Waals surface area contributed by atoms with Crippen LogP contribution < -0.4 is 0 Å². The van der Waals surface area contributed by atoms with E-state index >= 15 is 0 Å². The number of rotatable bonds is 8. The topological polar surface area (TPSA) is 109 Å². The van der Waals surface area contributed by atoms with Crippen LogP contribution in [0.3, 0.4) is 0 Å². The number of hydrogen-bond acceptors (Lipinski definition) is 4. The lowest BCUT2D eigenvalue weighted by Gasteiger charge is -2.25. The van der Waals surface area contributed by atoms with Gasteiger partial charge in [0.25, 0.3) is 0 Å². The molecule has 2 N–H and O–H groups in total. The minimum atomic E-state index is -0.974. The molecule has 0 radical (unpaired) electrons. The van der Waals surface area contributed by atoms with Gasteiger partial charge in [0, 0.05) is 23.8 Å². The Labute approximate surface area is 146 Å². The summed E-state index contributed by atoms with van der Waals surface area (Å²) in [6, 6.07) is 8.94. The second-order valence-corrected chi connectivity index (χ2v) is 5.98. The fraction of sp³-hybridized carbons (Fsp3) is 0.412. The van der Waals surface area contributed by atoms with E-state index in [1.807, 2.05) is 18.2 Å². The highest BCUT2D eigenvalue weighted by Crippen LogP contribution is 2.30. The lowest BCUT2D eigenvalue weighted by molar-refractivity contribution is -0.138. The van der Waals surface area contributed by atoms with Crippen molar-refractivity contribution in [3.8, 4) is 0 Å². The van der Waals surface area contributed by atoms with Crippen LogP contribution in [0, 0.1) is 5.41 Å². The van der Waals surface area contributed by atoms with Crippen LogP contribution in [0.15, 0.2) is 30.3 Å². The molecule has 6 nitrogen and oxygen atoms in total. The van der Waals surface area contributed by atoms with E-state index in [-0.39, 0.29) is 36.6 Å². The zero-order valence-electron chi connectivity index (χ0n) is 13.7. The van der Waals surface area contributed by atoms with E-state index in [1.54, 1.807) is 19.1 Å². The molecule has 0 aliphatic rings. The lowest BCUT2D eigenvalue weighted by Crippen LogP contribution is -2.27. The van der Waals surface area contributed by atoms with E-state index in [4.69, 9.17) is 10.2 Å². The summed E-state index contributed by atoms with van der Waals surface area (Å²) >= 11 is 3.65. The number of carboxylic acid groups (broad SMARTS) is 2. The molecule has 132 valence electrons. The van der Waals surface area contributed by atoms with Crippen LogP contribution in [-0.2, 0) is 14.4 Å². The van der Waals surface area contributed by atoms with Crippen molar-refractivity contribution >= 4 is 35.5 Å². The predicted octanol–water partition coefficient (Wildman–Crippen LogP) is 3.07. The molecule has 0 saturated carbocycles. The molecule has 0 fully saturated rings. The standard InChI is InChI=1S/C10H16O5.C7H6OS/c1-7(11)10(2,5-3-8(12)13)6-4-9(14)15;8-7(9)6-4-2-1-3-5-6/h3-6H2,1-2H3,(H,12,13)(H,14,15);1-5H,(H,8,9). The van der Waals surface area contributed by atoms with Crippen molar-refractivity contribution < 1.29 is 29.4 Å². The van der Waals surface area contributed by atoms with Gasteiger partial charge < -0.3 is 10.2 Å². The van der Waals surface area contributed by atoms with Crippen LogP contribution in [0.4, 0.5) is 0 Å². The summed E-state index contributed by atoms with van der Waals surface area (Å²) in [4.78, 5) is 42.6. The Balaban J connectivity index is 0.000000496. The third-order valence-electron chi connectivity index (χ3n) is 3.65. The van der Waals surface area contributed by atoms with Gasteiger partial charge in [-0.25, -0.2) is 0 Å². The van der Waals surface area contributed by atoms with Gasteiger partial charge >= 0.3 is 11.9 Å². The Morgan fingerprint density at radius 2 is 1.38 bits per heavy atom. The molecular formula is C17H22O6S. The zero-order valence-corrected chi connectivity index (χ0v) is 14.6. The number of hydrogen-bond donors (Lipinski definition) is 3. The van der Waals surface area contributed by atoms with Crippen LogP contribution in [0.5, 0.6) is 0 Å². The quantitative estimate of drug-likeness (QED) is 0.619. The van der Waals surface area contributed by atoms with Gasteiger partial charge in [-0.1, -0.05) is 37.3 Å². The maximum atomic E-state index is 11.3. The van der Waals surface area contributed by atoms with Crippen molar-refractivity contribution in [2.24, 2.45) is 5.41 Å². The first kappa shape index (κ1) is 21.9. The highest BCUT2D eigenvalue weighted by Gasteiger charge is 2.30. The predicted molar refractivity (Wildman–Crippen MR) is 92.3 cm³/mol. The average molecular weight is 354 g/mol. The molecule has 0 heterocycles. The van der Waals surface area contributed by atoms with Crippen LogP contribution in [0.2, 0.25) is 0 Å². The van der Waals surface area contributed by atoms with Crippen molar-refractivity contribution in [1.29, 1.82) is 0 Å². The summed E-state index contributed by atoms with van der Waals surface area (Å²) in [5.41, 5.74) is -0.197. The number of ketones is 1. The number of aliphatic carboxylic acids is 2.